The van der Waals surface area contributed by atoms with Crippen LogP contribution in [0.1, 0.15) is 419 Å². The van der Waals surface area contributed by atoms with E-state index in [1.165, 1.54) is 270 Å². The third-order valence-electron chi connectivity index (χ3n) is 28.3. The molecular formula is C86H182O5. The van der Waals surface area contributed by atoms with Gasteiger partial charge in [-0.15, -0.1) is 0 Å². The van der Waals surface area contributed by atoms with Crippen LogP contribution in [0.15, 0.2) is 0 Å². The largest absolute Gasteiger partial charge is 0.412 e. The fraction of sp³-hybridized carbons (Fsp3) is 1.00. The fourth-order valence-electron chi connectivity index (χ4n) is 22.0. The zero-order chi connectivity index (χ0) is 63.3. The minimum absolute atomic E-state index is 0. The smallest absolute Gasteiger partial charge is 0.0571 e. The van der Waals surface area contributed by atoms with Gasteiger partial charge < -0.3 is 25.2 Å². The first kappa shape index (κ1) is 83.2. The Morgan fingerprint density at radius 2 is 0.374 bits per heavy atom. The third kappa shape index (κ3) is 31.3. The molecule has 10 saturated carbocycles. The average Bonchev–Trinajstić information content (AvgIpc) is 0.944. The molecule has 556 valence electrons. The van der Waals surface area contributed by atoms with Crippen molar-refractivity contribution in [3.05, 3.63) is 0 Å². The lowest BCUT2D eigenvalue weighted by Gasteiger charge is -2.38. The summed E-state index contributed by atoms with van der Waals surface area (Å²) >= 11 is 0. The molecule has 0 radical (unpaired) electrons. The molecule has 0 aromatic carbocycles. The van der Waals surface area contributed by atoms with Gasteiger partial charge in [0.25, 0.3) is 0 Å². The van der Waals surface area contributed by atoms with Gasteiger partial charge in [0.05, 0.1) is 18.3 Å². The molecule has 0 atom stereocenters. The van der Waals surface area contributed by atoms with Gasteiger partial charge in [-0.2, -0.15) is 0 Å². The van der Waals surface area contributed by atoms with Crippen LogP contribution in [0.3, 0.4) is 0 Å². The van der Waals surface area contributed by atoms with Crippen molar-refractivity contribution in [3.63, 3.8) is 0 Å². The molecule has 0 amide bonds. The van der Waals surface area contributed by atoms with Crippen molar-refractivity contribution in [1.29, 1.82) is 0 Å². The summed E-state index contributed by atoms with van der Waals surface area (Å²) in [6.45, 7) is 16.4. The Kier molecular flexibility index (Phi) is 45.9. The summed E-state index contributed by atoms with van der Waals surface area (Å²) in [5.41, 5.74) is 0. The SMILES string of the molecule is CCCC1CCC(C2CCC(CC)CC2)CC1.CCCC1CCC(C2CCC(OC)CC2)CC1.CCCC1CCC(C2CCC(OC)CC2)CC1.CCCCC1CCC(C2CCC(CCC)CC2)CC1.CCCCCC1CCC(C2CCC(OC)CC2)CC1.O.O.[HH].[HH].[HH].[HH].[HH].[HH].[HH].[HH]. The number of unbranched alkanes of at least 4 members (excludes halogenated alkanes) is 3. The predicted molar refractivity (Wildman–Crippen MR) is 414 cm³/mol. The van der Waals surface area contributed by atoms with Crippen molar-refractivity contribution >= 4 is 0 Å². The number of hydrogen-bond acceptors (Lipinski definition) is 3. The average molecular weight is 1300 g/mol. The Bertz CT molecular complexity index is 1520. The highest BCUT2D eigenvalue weighted by atomic mass is 16.5. The molecular weight excluding hydrogens is 1110 g/mol. The van der Waals surface area contributed by atoms with Gasteiger partial charge >= 0.3 is 0 Å². The van der Waals surface area contributed by atoms with E-state index in [0.717, 1.165) is 101 Å². The number of ether oxygens (including phenoxy) is 3. The van der Waals surface area contributed by atoms with Gasteiger partial charge in [-0.1, -0.05) is 241 Å². The molecule has 91 heavy (non-hydrogen) atoms. The zero-order valence-electron chi connectivity index (χ0n) is 63.4. The minimum Gasteiger partial charge on any atom is -0.412 e. The van der Waals surface area contributed by atoms with E-state index >= 15 is 0 Å². The van der Waals surface area contributed by atoms with E-state index in [9.17, 15) is 0 Å². The van der Waals surface area contributed by atoms with Crippen molar-refractivity contribution in [1.82, 2.24) is 0 Å². The van der Waals surface area contributed by atoms with Crippen LogP contribution in [-0.2, 0) is 14.2 Å². The highest BCUT2D eigenvalue weighted by Gasteiger charge is 2.36. The molecule has 10 aliphatic carbocycles. The van der Waals surface area contributed by atoms with Gasteiger partial charge in [0, 0.05) is 32.7 Å². The number of hydrogen-bond donors (Lipinski definition) is 0. The summed E-state index contributed by atoms with van der Waals surface area (Å²) in [5, 5.41) is 0. The van der Waals surface area contributed by atoms with Crippen LogP contribution in [0.25, 0.3) is 0 Å². The first-order valence-electron chi connectivity index (χ1n) is 42.2. The third-order valence-corrected chi connectivity index (χ3v) is 28.3. The molecule has 0 heterocycles. The van der Waals surface area contributed by atoms with E-state index in [0.29, 0.717) is 18.3 Å². The van der Waals surface area contributed by atoms with E-state index < -0.39 is 0 Å². The molecule has 10 rings (SSSR count). The predicted octanol–water partition coefficient (Wildman–Crippen LogP) is 27.9. The number of rotatable bonds is 24. The Morgan fingerprint density at radius 1 is 0.198 bits per heavy atom. The summed E-state index contributed by atoms with van der Waals surface area (Å²) in [6.07, 6.45) is 84.5. The van der Waals surface area contributed by atoms with Gasteiger partial charge in [-0.05, 0) is 268 Å². The molecule has 0 aromatic rings. The lowest BCUT2D eigenvalue weighted by molar-refractivity contribution is 0.0391. The second-order valence-corrected chi connectivity index (χ2v) is 34.0. The lowest BCUT2D eigenvalue weighted by Crippen LogP contribution is -2.28. The molecule has 0 bridgehead atoms. The fourth-order valence-corrected chi connectivity index (χ4v) is 22.0. The van der Waals surface area contributed by atoms with Crippen molar-refractivity contribution < 1.29 is 36.6 Å². The molecule has 0 unspecified atom stereocenters. The van der Waals surface area contributed by atoms with Crippen LogP contribution < -0.4 is 0 Å². The van der Waals surface area contributed by atoms with Gasteiger partial charge in [-0.3, -0.25) is 0 Å². The Labute approximate surface area is 582 Å². The first-order valence-corrected chi connectivity index (χ1v) is 42.2. The summed E-state index contributed by atoms with van der Waals surface area (Å²) in [7, 11) is 5.63. The summed E-state index contributed by atoms with van der Waals surface area (Å²) in [4.78, 5) is 0. The Hall–Kier alpha value is -0.200. The molecule has 10 fully saturated rings. The van der Waals surface area contributed by atoms with E-state index in [1.54, 1.807) is 89.9 Å². The van der Waals surface area contributed by atoms with Gasteiger partial charge in [0.1, 0.15) is 0 Å². The van der Waals surface area contributed by atoms with Gasteiger partial charge in [0.15, 0.2) is 0 Å². The highest BCUT2D eigenvalue weighted by molar-refractivity contribution is 4.87. The topological polar surface area (TPSA) is 90.7 Å². The van der Waals surface area contributed by atoms with Crippen molar-refractivity contribution in [3.8, 4) is 0 Å². The van der Waals surface area contributed by atoms with E-state index in [1.807, 2.05) is 21.3 Å². The number of methoxy groups -OCH3 is 3. The summed E-state index contributed by atoms with van der Waals surface area (Å²) < 4.78 is 16.5. The molecule has 5 nitrogen and oxygen atoms in total. The summed E-state index contributed by atoms with van der Waals surface area (Å²) in [6, 6.07) is 0. The molecule has 4 N–H and O–H groups in total. The van der Waals surface area contributed by atoms with E-state index in [-0.39, 0.29) is 22.4 Å². The Morgan fingerprint density at radius 3 is 0.549 bits per heavy atom. The second-order valence-electron chi connectivity index (χ2n) is 34.0. The molecule has 0 aliphatic heterocycles. The van der Waals surface area contributed by atoms with Gasteiger partial charge in [-0.25, -0.2) is 0 Å². The molecule has 0 aromatic heterocycles. The first-order chi connectivity index (χ1) is 43.7. The second kappa shape index (κ2) is 50.2. The molecule has 0 spiro atoms. The lowest BCUT2D eigenvalue weighted by atomic mass is 9.68. The van der Waals surface area contributed by atoms with E-state index in [2.05, 4.69) is 48.5 Å². The maximum Gasteiger partial charge on any atom is 0.0571 e. The van der Waals surface area contributed by atoms with Crippen molar-refractivity contribution in [2.75, 3.05) is 21.3 Å². The normalized spacial score (nSPS) is 37.1. The summed E-state index contributed by atoms with van der Waals surface area (Å²) in [5.74, 6) is 18.2. The van der Waals surface area contributed by atoms with Crippen LogP contribution in [0, 0.1) is 101 Å². The maximum absolute atomic E-state index is 5.50. The van der Waals surface area contributed by atoms with Crippen LogP contribution in [0.4, 0.5) is 0 Å². The maximum atomic E-state index is 5.50. The van der Waals surface area contributed by atoms with Crippen molar-refractivity contribution in [2.45, 2.75) is 426 Å². The minimum atomic E-state index is 0. The van der Waals surface area contributed by atoms with Crippen LogP contribution >= 0.6 is 0 Å². The van der Waals surface area contributed by atoms with E-state index in [4.69, 9.17) is 14.2 Å². The zero-order valence-corrected chi connectivity index (χ0v) is 63.4. The molecule has 0 saturated heterocycles. The van der Waals surface area contributed by atoms with Crippen LogP contribution in [-0.4, -0.2) is 50.6 Å². The highest BCUT2D eigenvalue weighted by Crippen LogP contribution is 2.47. The molecule has 10 aliphatic rings. The Balaban J connectivity index is -0.000000363. The van der Waals surface area contributed by atoms with Gasteiger partial charge in [0.2, 0.25) is 0 Å². The molecule has 5 heteroatoms. The standard InChI is InChI=1S/C19H36.C18H34O.C17H32.2C16H30O.2H2O.8H2/c1-3-5-7-17-10-14-19(15-11-17)18-12-8-16(6-4-2)9-13-18;1-3-4-5-6-15-7-9-16(10-8-15)17-11-13-18(19-2)14-12-17;1-3-5-15-8-12-17(13-9-15)16-10-6-14(4-2)7-11-16;2*1-3-4-13-5-7-14(8-6-13)15-9-11-16(17-2)12-10-15;;;;;;;;;;/h16-19H,3-15H2,1-2H3;15-18H,3-14H2,1-2H3;14-17H,3-13H2,1-2H3;2*13-16H,3-12H2,1-2H3;2*1H2;8*1H. The van der Waals surface area contributed by atoms with Crippen LogP contribution in [0.5, 0.6) is 0 Å². The monoisotopic (exact) mass is 1300 g/mol. The van der Waals surface area contributed by atoms with Crippen molar-refractivity contribution in [2.24, 2.45) is 101 Å². The van der Waals surface area contributed by atoms with Crippen LogP contribution in [0.2, 0.25) is 0 Å². The quantitative estimate of drug-likeness (QED) is 0.0902.